The Hall–Kier alpha value is -3.10. The first-order valence-corrected chi connectivity index (χ1v) is 9.32. The molecule has 2 aromatic heterocycles. The quantitative estimate of drug-likeness (QED) is 0.506. The van der Waals surface area contributed by atoms with Crippen LogP contribution in [-0.2, 0) is 0 Å². The number of rotatable bonds is 6. The van der Waals surface area contributed by atoms with Gasteiger partial charge in [-0.2, -0.15) is 10.2 Å². The number of nitrogens with one attached hydrogen (secondary N) is 2. The molecule has 6 nitrogen and oxygen atoms in total. The van der Waals surface area contributed by atoms with Crippen LogP contribution in [0.15, 0.2) is 69.5 Å². The topological polar surface area (TPSA) is 82.9 Å². The van der Waals surface area contributed by atoms with Crippen LogP contribution in [0.4, 0.5) is 0 Å². The van der Waals surface area contributed by atoms with Gasteiger partial charge < -0.3 is 0 Å². The van der Waals surface area contributed by atoms with Gasteiger partial charge >= 0.3 is 0 Å². The van der Waals surface area contributed by atoms with Crippen molar-refractivity contribution in [2.24, 2.45) is 10.2 Å². The van der Waals surface area contributed by atoms with Gasteiger partial charge in [0.25, 0.3) is 11.8 Å². The first kappa shape index (κ1) is 17.7. The van der Waals surface area contributed by atoms with Gasteiger partial charge in [-0.25, -0.2) is 10.9 Å². The summed E-state index contributed by atoms with van der Waals surface area (Å²) in [4.78, 5) is 24.7. The number of hydrogen-bond acceptors (Lipinski definition) is 6. The number of carbonyl (C=O) groups is 2. The summed E-state index contributed by atoms with van der Waals surface area (Å²) >= 11 is 2.72. The molecule has 0 unspecified atom stereocenters. The van der Waals surface area contributed by atoms with Gasteiger partial charge in [-0.3, -0.25) is 9.59 Å². The Morgan fingerprint density at radius 3 is 1.50 bits per heavy atom. The first-order valence-electron chi connectivity index (χ1n) is 7.56. The SMILES string of the molecule is O=C(N/N=C\c1ccc(/C=N\NC(=O)c2cccs2)cc1)c1cccs1. The summed E-state index contributed by atoms with van der Waals surface area (Å²) in [5.41, 5.74) is 6.61. The summed E-state index contributed by atoms with van der Waals surface area (Å²) in [6.45, 7) is 0. The molecule has 1 aromatic carbocycles. The second kappa shape index (κ2) is 8.84. The van der Waals surface area contributed by atoms with Gasteiger partial charge in [0.15, 0.2) is 0 Å². The maximum absolute atomic E-state index is 11.7. The van der Waals surface area contributed by atoms with Crippen molar-refractivity contribution in [2.75, 3.05) is 0 Å². The van der Waals surface area contributed by atoms with Crippen molar-refractivity contribution < 1.29 is 9.59 Å². The number of carbonyl (C=O) groups excluding carboxylic acids is 2. The maximum Gasteiger partial charge on any atom is 0.281 e. The molecule has 0 saturated carbocycles. The molecule has 0 aliphatic carbocycles. The first-order chi connectivity index (χ1) is 12.7. The fourth-order valence-corrected chi connectivity index (χ4v) is 3.15. The van der Waals surface area contributed by atoms with Crippen LogP contribution in [0.5, 0.6) is 0 Å². The standard InChI is InChI=1S/C18H14N4O2S2/c23-17(15-3-1-9-25-15)21-19-11-13-5-7-14(8-6-13)12-20-22-18(24)16-4-2-10-26-16/h1-12H,(H,21,23)(H,22,24)/b19-11-,20-12-. The van der Waals surface area contributed by atoms with Gasteiger partial charge in [-0.1, -0.05) is 36.4 Å². The zero-order valence-electron chi connectivity index (χ0n) is 13.5. The van der Waals surface area contributed by atoms with Gasteiger partial charge in [0, 0.05) is 0 Å². The highest BCUT2D eigenvalue weighted by Crippen LogP contribution is 2.08. The van der Waals surface area contributed by atoms with Crippen LogP contribution >= 0.6 is 22.7 Å². The Bertz CT molecular complexity index is 838. The number of hydrogen-bond donors (Lipinski definition) is 2. The second-order valence-corrected chi connectivity index (χ2v) is 6.91. The minimum absolute atomic E-state index is 0.235. The number of hydrazone groups is 2. The number of amides is 2. The van der Waals surface area contributed by atoms with Crippen molar-refractivity contribution in [3.63, 3.8) is 0 Å². The van der Waals surface area contributed by atoms with Crippen molar-refractivity contribution in [3.05, 3.63) is 80.2 Å². The molecule has 2 heterocycles. The van der Waals surface area contributed by atoms with E-state index in [9.17, 15) is 9.59 Å². The third kappa shape index (κ3) is 4.95. The van der Waals surface area contributed by atoms with E-state index in [1.54, 1.807) is 24.6 Å². The highest BCUT2D eigenvalue weighted by molar-refractivity contribution is 7.12. The van der Waals surface area contributed by atoms with Crippen LogP contribution < -0.4 is 10.9 Å². The van der Waals surface area contributed by atoms with Gasteiger partial charge in [0.1, 0.15) is 0 Å². The monoisotopic (exact) mass is 382 g/mol. The molecule has 0 radical (unpaired) electrons. The number of benzene rings is 1. The molecule has 2 N–H and O–H groups in total. The normalized spacial score (nSPS) is 11.1. The summed E-state index contributed by atoms with van der Waals surface area (Å²) < 4.78 is 0. The Labute approximate surface area is 157 Å². The van der Waals surface area contributed by atoms with Crippen molar-refractivity contribution in [1.82, 2.24) is 10.9 Å². The second-order valence-electron chi connectivity index (χ2n) is 5.02. The molecule has 0 bridgehead atoms. The zero-order chi connectivity index (χ0) is 18.2. The molecular formula is C18H14N4O2S2. The lowest BCUT2D eigenvalue weighted by Gasteiger charge is -1.98. The van der Waals surface area contributed by atoms with E-state index in [4.69, 9.17) is 0 Å². The van der Waals surface area contributed by atoms with Crippen molar-refractivity contribution in [1.29, 1.82) is 0 Å². The zero-order valence-corrected chi connectivity index (χ0v) is 15.1. The van der Waals surface area contributed by atoms with E-state index >= 15 is 0 Å². The summed E-state index contributed by atoms with van der Waals surface area (Å²) in [6, 6.07) is 14.4. The number of thiophene rings is 2. The van der Waals surface area contributed by atoms with Crippen LogP contribution in [0.1, 0.15) is 30.5 Å². The summed E-state index contributed by atoms with van der Waals surface area (Å²) in [7, 11) is 0. The minimum Gasteiger partial charge on any atom is -0.266 e. The van der Waals surface area contributed by atoms with Gasteiger partial charge in [-0.05, 0) is 34.0 Å². The maximum atomic E-state index is 11.7. The largest absolute Gasteiger partial charge is 0.281 e. The van der Waals surface area contributed by atoms with E-state index < -0.39 is 0 Å². The molecule has 0 atom stereocenters. The third-order valence-corrected chi connectivity index (χ3v) is 4.92. The summed E-state index contributed by atoms with van der Waals surface area (Å²) in [5, 5.41) is 11.5. The third-order valence-electron chi connectivity index (χ3n) is 3.19. The van der Waals surface area contributed by atoms with E-state index in [-0.39, 0.29) is 11.8 Å². The fourth-order valence-electron chi connectivity index (χ4n) is 1.92. The lowest BCUT2D eigenvalue weighted by Crippen LogP contribution is -2.16. The van der Waals surface area contributed by atoms with E-state index in [2.05, 4.69) is 21.1 Å². The predicted octanol–water partition coefficient (Wildman–Crippen LogP) is 3.34. The lowest BCUT2D eigenvalue weighted by molar-refractivity contribution is 0.0951. The van der Waals surface area contributed by atoms with Crippen LogP contribution in [0.25, 0.3) is 0 Å². The highest BCUT2D eigenvalue weighted by atomic mass is 32.1. The molecule has 0 fully saturated rings. The smallest absolute Gasteiger partial charge is 0.266 e. The Kier molecular flexibility index (Phi) is 6.02. The fraction of sp³-hybridized carbons (Fsp3) is 0. The van der Waals surface area contributed by atoms with E-state index in [1.807, 2.05) is 47.2 Å². The summed E-state index contributed by atoms with van der Waals surface area (Å²) in [5.74, 6) is -0.469. The Balaban J connectivity index is 1.50. The average molecular weight is 382 g/mol. The van der Waals surface area contributed by atoms with E-state index in [0.717, 1.165) is 11.1 Å². The van der Waals surface area contributed by atoms with Gasteiger partial charge in [0.2, 0.25) is 0 Å². The van der Waals surface area contributed by atoms with Gasteiger partial charge in [-0.15, -0.1) is 22.7 Å². The molecule has 8 heteroatoms. The molecule has 0 aliphatic rings. The molecule has 0 aliphatic heterocycles. The van der Waals surface area contributed by atoms with E-state index in [1.165, 1.54) is 22.7 Å². The number of nitrogens with zero attached hydrogens (tertiary/aromatic N) is 2. The molecule has 26 heavy (non-hydrogen) atoms. The van der Waals surface area contributed by atoms with Crippen molar-refractivity contribution in [3.8, 4) is 0 Å². The Morgan fingerprint density at radius 1 is 0.731 bits per heavy atom. The molecule has 0 spiro atoms. The molecular weight excluding hydrogens is 368 g/mol. The lowest BCUT2D eigenvalue weighted by atomic mass is 10.2. The van der Waals surface area contributed by atoms with Crippen LogP contribution in [0.2, 0.25) is 0 Å². The molecule has 2 amide bonds. The minimum atomic E-state index is -0.235. The molecule has 0 saturated heterocycles. The van der Waals surface area contributed by atoms with Crippen molar-refractivity contribution >= 4 is 46.9 Å². The highest BCUT2D eigenvalue weighted by Gasteiger charge is 2.04. The van der Waals surface area contributed by atoms with Gasteiger partial charge in [0.05, 0.1) is 22.2 Å². The molecule has 130 valence electrons. The predicted molar refractivity (Wildman–Crippen MR) is 105 cm³/mol. The van der Waals surface area contributed by atoms with Crippen LogP contribution in [-0.4, -0.2) is 24.2 Å². The molecule has 3 aromatic rings. The average Bonchev–Trinajstić information content (AvgIpc) is 3.37. The van der Waals surface area contributed by atoms with Crippen LogP contribution in [0, 0.1) is 0 Å². The van der Waals surface area contributed by atoms with Crippen LogP contribution in [0.3, 0.4) is 0 Å². The molecule has 3 rings (SSSR count). The van der Waals surface area contributed by atoms with E-state index in [0.29, 0.717) is 9.75 Å². The van der Waals surface area contributed by atoms with Crippen molar-refractivity contribution in [2.45, 2.75) is 0 Å². The Morgan fingerprint density at radius 2 is 1.15 bits per heavy atom. The summed E-state index contributed by atoms with van der Waals surface area (Å²) in [6.07, 6.45) is 3.12.